The minimum absolute atomic E-state index is 0.233. The van der Waals surface area contributed by atoms with Crippen LogP contribution in [0.5, 0.6) is 0 Å². The fourth-order valence-electron chi connectivity index (χ4n) is 3.16. The lowest BCUT2D eigenvalue weighted by Gasteiger charge is -2.35. The van der Waals surface area contributed by atoms with Crippen molar-refractivity contribution in [2.45, 2.75) is 19.9 Å². The van der Waals surface area contributed by atoms with Crippen LogP contribution in [0.4, 0.5) is 0 Å². The Balaban J connectivity index is 1.51. The number of aryl methyl sites for hydroxylation is 1. The van der Waals surface area contributed by atoms with Gasteiger partial charge in [-0.15, -0.1) is 0 Å². The lowest BCUT2D eigenvalue weighted by Crippen LogP contribution is -2.48. The van der Waals surface area contributed by atoms with Crippen LogP contribution in [0.15, 0.2) is 51.4 Å². The highest BCUT2D eigenvalue weighted by atomic mass is 79.9. The molecule has 1 aliphatic heterocycles. The molecule has 132 valence electrons. The summed E-state index contributed by atoms with van der Waals surface area (Å²) in [4.78, 5) is 16.9. The summed E-state index contributed by atoms with van der Waals surface area (Å²) in [6.07, 6.45) is 0.501. The van der Waals surface area contributed by atoms with Gasteiger partial charge in [0, 0.05) is 41.7 Å². The van der Waals surface area contributed by atoms with Gasteiger partial charge in [-0.1, -0.05) is 35.9 Å². The summed E-state index contributed by atoms with van der Waals surface area (Å²) in [5.41, 5.74) is 3.59. The largest absolute Gasteiger partial charge is 0.340 e. The minimum atomic E-state index is 0.233. The number of hydrogen-bond acceptors (Lipinski definition) is 2. The third kappa shape index (κ3) is 5.16. The molecule has 0 atom stereocenters. The second kappa shape index (κ2) is 8.47. The Labute approximate surface area is 166 Å². The molecular formula is C20H22Br2N2O. The summed E-state index contributed by atoms with van der Waals surface area (Å²) < 4.78 is 2.15. The highest BCUT2D eigenvalue weighted by Crippen LogP contribution is 2.24. The summed E-state index contributed by atoms with van der Waals surface area (Å²) in [5.74, 6) is 0.233. The number of nitrogens with zero attached hydrogens (tertiary/aromatic N) is 2. The average molecular weight is 466 g/mol. The normalized spacial score (nSPS) is 15.4. The van der Waals surface area contributed by atoms with E-state index in [2.05, 4.69) is 74.0 Å². The number of carbonyl (C=O) groups is 1. The van der Waals surface area contributed by atoms with Gasteiger partial charge in [0.1, 0.15) is 0 Å². The Kier molecular flexibility index (Phi) is 6.31. The van der Waals surface area contributed by atoms with Gasteiger partial charge in [0.05, 0.1) is 6.42 Å². The number of rotatable bonds is 4. The molecule has 1 aliphatic rings. The Hall–Kier alpha value is -1.17. The van der Waals surface area contributed by atoms with E-state index in [1.165, 1.54) is 11.1 Å². The van der Waals surface area contributed by atoms with Crippen LogP contribution in [-0.4, -0.2) is 41.9 Å². The summed E-state index contributed by atoms with van der Waals surface area (Å²) in [6.45, 7) is 6.45. The van der Waals surface area contributed by atoms with E-state index >= 15 is 0 Å². The van der Waals surface area contributed by atoms with Crippen molar-refractivity contribution in [3.63, 3.8) is 0 Å². The number of halogens is 2. The van der Waals surface area contributed by atoms with Crippen molar-refractivity contribution in [3.8, 4) is 0 Å². The molecule has 0 radical (unpaired) electrons. The van der Waals surface area contributed by atoms with Gasteiger partial charge in [-0.25, -0.2) is 0 Å². The van der Waals surface area contributed by atoms with Gasteiger partial charge in [0.2, 0.25) is 5.91 Å². The number of hydrogen-bond donors (Lipinski definition) is 0. The van der Waals surface area contributed by atoms with E-state index in [-0.39, 0.29) is 5.91 Å². The monoisotopic (exact) mass is 464 g/mol. The van der Waals surface area contributed by atoms with Crippen molar-refractivity contribution >= 4 is 37.8 Å². The van der Waals surface area contributed by atoms with Crippen molar-refractivity contribution in [1.82, 2.24) is 9.80 Å². The third-order valence-electron chi connectivity index (χ3n) is 4.55. The first-order chi connectivity index (χ1) is 12.0. The Bertz CT molecular complexity index is 755. The summed E-state index contributed by atoms with van der Waals surface area (Å²) in [5, 5.41) is 0. The zero-order valence-electron chi connectivity index (χ0n) is 14.3. The molecule has 1 amide bonds. The molecule has 0 bridgehead atoms. The SMILES string of the molecule is Cc1cccc(CC(=O)N2CCN(Cc3ccc(Br)c(Br)c3)CC2)c1. The zero-order valence-corrected chi connectivity index (χ0v) is 17.5. The molecule has 0 N–H and O–H groups in total. The van der Waals surface area contributed by atoms with Crippen LogP contribution < -0.4 is 0 Å². The molecule has 0 aliphatic carbocycles. The van der Waals surface area contributed by atoms with Gasteiger partial charge in [-0.2, -0.15) is 0 Å². The summed E-state index contributed by atoms with van der Waals surface area (Å²) >= 11 is 7.06. The van der Waals surface area contributed by atoms with E-state index in [0.717, 1.165) is 47.2 Å². The molecule has 5 heteroatoms. The highest BCUT2D eigenvalue weighted by Gasteiger charge is 2.21. The van der Waals surface area contributed by atoms with Crippen molar-refractivity contribution in [2.24, 2.45) is 0 Å². The molecule has 2 aromatic carbocycles. The van der Waals surface area contributed by atoms with Gasteiger partial charge in [-0.05, 0) is 62.0 Å². The smallest absolute Gasteiger partial charge is 0.227 e. The molecule has 1 saturated heterocycles. The number of piperazine rings is 1. The van der Waals surface area contributed by atoms with Crippen LogP contribution in [0.3, 0.4) is 0 Å². The maximum atomic E-state index is 12.5. The molecular weight excluding hydrogens is 444 g/mol. The van der Waals surface area contributed by atoms with Crippen LogP contribution >= 0.6 is 31.9 Å². The molecule has 3 rings (SSSR count). The van der Waals surface area contributed by atoms with Gasteiger partial charge in [0.25, 0.3) is 0 Å². The van der Waals surface area contributed by atoms with Crippen LogP contribution in [0.25, 0.3) is 0 Å². The van der Waals surface area contributed by atoms with Gasteiger partial charge in [0.15, 0.2) is 0 Å². The van der Waals surface area contributed by atoms with Crippen molar-refractivity contribution < 1.29 is 4.79 Å². The van der Waals surface area contributed by atoms with Gasteiger partial charge in [-0.3, -0.25) is 9.69 Å². The van der Waals surface area contributed by atoms with Crippen LogP contribution in [0.1, 0.15) is 16.7 Å². The van der Waals surface area contributed by atoms with E-state index < -0.39 is 0 Å². The highest BCUT2D eigenvalue weighted by molar-refractivity contribution is 9.13. The van der Waals surface area contributed by atoms with Crippen molar-refractivity contribution in [1.29, 1.82) is 0 Å². The average Bonchev–Trinajstić information content (AvgIpc) is 2.59. The summed E-state index contributed by atoms with van der Waals surface area (Å²) in [6, 6.07) is 14.6. The third-order valence-corrected chi connectivity index (χ3v) is 6.43. The molecule has 0 spiro atoms. The predicted molar refractivity (Wildman–Crippen MR) is 109 cm³/mol. The fraction of sp³-hybridized carbons (Fsp3) is 0.350. The number of carbonyl (C=O) groups excluding carboxylic acids is 1. The molecule has 3 nitrogen and oxygen atoms in total. The zero-order chi connectivity index (χ0) is 17.8. The van der Waals surface area contributed by atoms with Gasteiger partial charge < -0.3 is 4.90 Å². The standard InChI is InChI=1S/C20H22Br2N2O/c1-15-3-2-4-16(11-15)13-20(25)24-9-7-23(8-10-24)14-17-5-6-18(21)19(22)12-17/h2-6,11-12H,7-10,13-14H2,1H3. The van der Waals surface area contributed by atoms with Crippen LogP contribution in [0.2, 0.25) is 0 Å². The molecule has 0 aromatic heterocycles. The summed E-state index contributed by atoms with van der Waals surface area (Å²) in [7, 11) is 0. The lowest BCUT2D eigenvalue weighted by molar-refractivity contribution is -0.132. The maximum Gasteiger partial charge on any atom is 0.227 e. The minimum Gasteiger partial charge on any atom is -0.340 e. The van der Waals surface area contributed by atoms with E-state index in [4.69, 9.17) is 0 Å². The van der Waals surface area contributed by atoms with Crippen molar-refractivity contribution in [3.05, 3.63) is 68.1 Å². The van der Waals surface area contributed by atoms with E-state index in [1.54, 1.807) is 0 Å². The van der Waals surface area contributed by atoms with Crippen molar-refractivity contribution in [2.75, 3.05) is 26.2 Å². The van der Waals surface area contributed by atoms with E-state index in [9.17, 15) is 4.79 Å². The number of benzene rings is 2. The predicted octanol–water partition coefficient (Wildman–Crippen LogP) is 4.41. The maximum absolute atomic E-state index is 12.5. The van der Waals surface area contributed by atoms with Crippen LogP contribution in [0, 0.1) is 6.92 Å². The van der Waals surface area contributed by atoms with Crippen LogP contribution in [-0.2, 0) is 17.8 Å². The lowest BCUT2D eigenvalue weighted by atomic mass is 10.1. The van der Waals surface area contributed by atoms with E-state index in [0.29, 0.717) is 6.42 Å². The van der Waals surface area contributed by atoms with E-state index in [1.807, 2.05) is 17.0 Å². The fourth-order valence-corrected chi connectivity index (χ4v) is 3.83. The Morgan fingerprint density at radius 3 is 2.40 bits per heavy atom. The topological polar surface area (TPSA) is 23.6 Å². The quantitative estimate of drug-likeness (QED) is 0.667. The first-order valence-electron chi connectivity index (χ1n) is 8.51. The molecule has 1 heterocycles. The molecule has 2 aromatic rings. The number of amides is 1. The molecule has 1 fully saturated rings. The molecule has 0 saturated carbocycles. The second-order valence-corrected chi connectivity index (χ2v) is 8.28. The first kappa shape index (κ1) is 18.6. The molecule has 0 unspecified atom stereocenters. The van der Waals surface area contributed by atoms with Gasteiger partial charge >= 0.3 is 0 Å². The Morgan fingerprint density at radius 1 is 0.960 bits per heavy atom. The second-order valence-electron chi connectivity index (χ2n) is 6.57. The first-order valence-corrected chi connectivity index (χ1v) is 10.1. The molecule has 25 heavy (non-hydrogen) atoms. The Morgan fingerprint density at radius 2 is 1.72 bits per heavy atom.